The number of hydrogen-bond acceptors (Lipinski definition) is 6. The molecule has 9 heteroatoms. The normalized spacial score (nSPS) is 10.8. The summed E-state index contributed by atoms with van der Waals surface area (Å²) in [4.78, 5) is 23.8. The van der Waals surface area contributed by atoms with E-state index in [1.54, 1.807) is 0 Å². The van der Waals surface area contributed by atoms with Gasteiger partial charge in [0.15, 0.2) is 5.82 Å². The van der Waals surface area contributed by atoms with Gasteiger partial charge in [-0.1, -0.05) is 6.92 Å². The Labute approximate surface area is 172 Å². The lowest BCUT2D eigenvalue weighted by atomic mass is 10.2. The number of halogens is 1. The SMILES string of the molecule is CCCN(CCNC(=O)Nc1nc2sccc2nc1OC)c1cc(C)cc(F)c1. The Morgan fingerprint density at radius 1 is 1.28 bits per heavy atom. The maximum absolute atomic E-state index is 13.8. The number of ether oxygens (including phenoxy) is 1. The molecule has 1 aromatic carbocycles. The lowest BCUT2D eigenvalue weighted by Crippen LogP contribution is -2.37. The molecular formula is C20H24FN5O2S. The molecule has 0 saturated heterocycles. The molecule has 0 fully saturated rings. The number of methoxy groups -OCH3 is 1. The van der Waals surface area contributed by atoms with Crippen LogP contribution in [0.3, 0.4) is 0 Å². The van der Waals surface area contributed by atoms with Gasteiger partial charge in [-0.2, -0.15) is 0 Å². The Kier molecular flexibility index (Phi) is 6.82. The summed E-state index contributed by atoms with van der Waals surface area (Å²) in [5, 5.41) is 7.37. The number of anilines is 2. The van der Waals surface area contributed by atoms with E-state index in [0.29, 0.717) is 13.1 Å². The summed E-state index contributed by atoms with van der Waals surface area (Å²) in [5.74, 6) is 0.265. The first kappa shape index (κ1) is 20.8. The van der Waals surface area contributed by atoms with Crippen LogP contribution in [0.2, 0.25) is 0 Å². The number of amides is 2. The Hall–Kier alpha value is -2.94. The molecule has 7 nitrogen and oxygen atoms in total. The number of aryl methyl sites for hydroxylation is 1. The van der Waals surface area contributed by atoms with E-state index in [1.807, 2.05) is 24.4 Å². The lowest BCUT2D eigenvalue weighted by molar-refractivity contribution is 0.252. The molecular weight excluding hydrogens is 393 g/mol. The Morgan fingerprint density at radius 2 is 2.10 bits per heavy atom. The number of fused-ring (bicyclic) bond motifs is 1. The number of rotatable bonds is 8. The number of aromatic nitrogens is 2. The predicted octanol–water partition coefficient (Wildman–Crippen LogP) is 4.19. The Balaban J connectivity index is 1.61. The van der Waals surface area contributed by atoms with E-state index in [2.05, 4.69) is 32.4 Å². The Bertz CT molecular complexity index is 974. The fraction of sp³-hybridized carbons (Fsp3) is 0.350. The molecule has 154 valence electrons. The summed E-state index contributed by atoms with van der Waals surface area (Å²) in [6.07, 6.45) is 0.912. The molecule has 0 atom stereocenters. The van der Waals surface area contributed by atoms with Gasteiger partial charge < -0.3 is 15.0 Å². The van der Waals surface area contributed by atoms with E-state index < -0.39 is 6.03 Å². The van der Waals surface area contributed by atoms with Crippen LogP contribution in [0.4, 0.5) is 20.7 Å². The van der Waals surface area contributed by atoms with Gasteiger partial charge in [-0.05, 0) is 48.6 Å². The minimum Gasteiger partial charge on any atom is -0.478 e. The second kappa shape index (κ2) is 9.51. The topological polar surface area (TPSA) is 79.4 Å². The number of carbonyl (C=O) groups is 1. The van der Waals surface area contributed by atoms with E-state index in [9.17, 15) is 9.18 Å². The molecule has 2 heterocycles. The number of nitrogens with one attached hydrogen (secondary N) is 2. The van der Waals surface area contributed by atoms with E-state index in [4.69, 9.17) is 4.74 Å². The zero-order chi connectivity index (χ0) is 20.8. The van der Waals surface area contributed by atoms with Gasteiger partial charge in [0.05, 0.1) is 7.11 Å². The summed E-state index contributed by atoms with van der Waals surface area (Å²) in [5.41, 5.74) is 2.39. The van der Waals surface area contributed by atoms with Gasteiger partial charge >= 0.3 is 6.03 Å². The highest BCUT2D eigenvalue weighted by Crippen LogP contribution is 2.26. The van der Waals surface area contributed by atoms with E-state index in [0.717, 1.165) is 34.6 Å². The maximum atomic E-state index is 13.8. The van der Waals surface area contributed by atoms with Crippen LogP contribution >= 0.6 is 11.3 Å². The molecule has 3 aromatic rings. The van der Waals surface area contributed by atoms with Crippen molar-refractivity contribution >= 4 is 39.2 Å². The highest BCUT2D eigenvalue weighted by molar-refractivity contribution is 7.16. The highest BCUT2D eigenvalue weighted by atomic mass is 32.1. The third kappa shape index (κ3) is 5.32. The highest BCUT2D eigenvalue weighted by Gasteiger charge is 2.14. The molecule has 0 unspecified atom stereocenters. The van der Waals surface area contributed by atoms with Gasteiger partial charge in [0.1, 0.15) is 16.2 Å². The first-order valence-electron chi connectivity index (χ1n) is 9.36. The van der Waals surface area contributed by atoms with Gasteiger partial charge in [0.25, 0.3) is 5.88 Å². The molecule has 2 aromatic heterocycles. The van der Waals surface area contributed by atoms with Gasteiger partial charge in [0, 0.05) is 25.3 Å². The molecule has 0 aliphatic carbocycles. The van der Waals surface area contributed by atoms with Crippen LogP contribution in [-0.4, -0.2) is 42.7 Å². The van der Waals surface area contributed by atoms with E-state index >= 15 is 0 Å². The van der Waals surface area contributed by atoms with E-state index in [1.165, 1.54) is 30.6 Å². The third-order valence-corrected chi connectivity index (χ3v) is 5.04. The summed E-state index contributed by atoms with van der Waals surface area (Å²) >= 11 is 1.44. The summed E-state index contributed by atoms with van der Waals surface area (Å²) in [7, 11) is 1.48. The van der Waals surface area contributed by atoms with Crippen molar-refractivity contribution in [2.45, 2.75) is 20.3 Å². The second-order valence-corrected chi connectivity index (χ2v) is 7.44. The number of thiophene rings is 1. The van der Waals surface area contributed by atoms with Crippen LogP contribution in [0.1, 0.15) is 18.9 Å². The van der Waals surface area contributed by atoms with Gasteiger partial charge in [-0.25, -0.2) is 19.2 Å². The van der Waals surface area contributed by atoms with Crippen molar-refractivity contribution in [3.05, 3.63) is 41.0 Å². The first-order chi connectivity index (χ1) is 14.0. The molecule has 2 N–H and O–H groups in total. The third-order valence-electron chi connectivity index (χ3n) is 4.24. The number of benzene rings is 1. The van der Waals surface area contributed by atoms with Crippen molar-refractivity contribution < 1.29 is 13.9 Å². The molecule has 29 heavy (non-hydrogen) atoms. The maximum Gasteiger partial charge on any atom is 0.320 e. The number of carbonyl (C=O) groups excluding carboxylic acids is 1. The number of urea groups is 1. The van der Waals surface area contributed by atoms with Crippen molar-refractivity contribution in [2.24, 2.45) is 0 Å². The fourth-order valence-corrected chi connectivity index (χ4v) is 3.70. The predicted molar refractivity (Wildman–Crippen MR) is 115 cm³/mol. The van der Waals surface area contributed by atoms with Crippen LogP contribution in [0.15, 0.2) is 29.6 Å². The molecule has 0 saturated carbocycles. The second-order valence-electron chi connectivity index (χ2n) is 6.55. The number of hydrogen-bond donors (Lipinski definition) is 2. The number of nitrogens with zero attached hydrogens (tertiary/aromatic N) is 3. The van der Waals surface area contributed by atoms with E-state index in [-0.39, 0.29) is 17.5 Å². The smallest absolute Gasteiger partial charge is 0.320 e. The molecule has 0 aliphatic rings. The molecule has 2 amide bonds. The van der Waals surface area contributed by atoms with Crippen molar-refractivity contribution in [1.29, 1.82) is 0 Å². The zero-order valence-corrected chi connectivity index (χ0v) is 17.5. The Morgan fingerprint density at radius 3 is 2.83 bits per heavy atom. The monoisotopic (exact) mass is 417 g/mol. The minimum atomic E-state index is -0.402. The minimum absolute atomic E-state index is 0.258. The fourth-order valence-electron chi connectivity index (χ4n) is 2.99. The first-order valence-corrected chi connectivity index (χ1v) is 10.2. The average molecular weight is 418 g/mol. The quantitative estimate of drug-likeness (QED) is 0.575. The molecule has 0 bridgehead atoms. The van der Waals surface area contributed by atoms with Gasteiger partial charge in [0.2, 0.25) is 0 Å². The lowest BCUT2D eigenvalue weighted by Gasteiger charge is -2.25. The van der Waals surface area contributed by atoms with Crippen LogP contribution in [0, 0.1) is 12.7 Å². The van der Waals surface area contributed by atoms with Gasteiger partial charge in [-0.15, -0.1) is 11.3 Å². The van der Waals surface area contributed by atoms with Gasteiger partial charge in [-0.3, -0.25) is 5.32 Å². The van der Waals surface area contributed by atoms with Crippen molar-refractivity contribution in [2.75, 3.05) is 37.0 Å². The van der Waals surface area contributed by atoms with Crippen LogP contribution in [0.5, 0.6) is 5.88 Å². The van der Waals surface area contributed by atoms with Crippen LogP contribution in [-0.2, 0) is 0 Å². The standard InChI is InChI=1S/C20H24FN5O2S/c1-4-7-26(15-11-13(2)10-14(21)12-15)8-6-22-20(27)25-17-18(28-3)23-16-5-9-29-19(16)24-17/h5,9-12H,4,6-8H2,1-3H3,(H2,22,24,25,27). The van der Waals surface area contributed by atoms with Crippen molar-refractivity contribution in [3.8, 4) is 5.88 Å². The summed E-state index contributed by atoms with van der Waals surface area (Å²) in [6, 6.07) is 6.39. The van der Waals surface area contributed by atoms with Crippen LogP contribution in [0.25, 0.3) is 10.3 Å². The average Bonchev–Trinajstić information content (AvgIpc) is 3.13. The molecule has 0 radical (unpaired) electrons. The van der Waals surface area contributed by atoms with Crippen molar-refractivity contribution in [1.82, 2.24) is 15.3 Å². The molecule has 0 aliphatic heterocycles. The zero-order valence-electron chi connectivity index (χ0n) is 16.7. The van der Waals surface area contributed by atoms with Crippen LogP contribution < -0.4 is 20.3 Å². The molecule has 3 rings (SSSR count). The molecule has 0 spiro atoms. The largest absolute Gasteiger partial charge is 0.478 e. The van der Waals surface area contributed by atoms with Crippen molar-refractivity contribution in [3.63, 3.8) is 0 Å². The summed E-state index contributed by atoms with van der Waals surface area (Å²) in [6.45, 7) is 5.63. The summed E-state index contributed by atoms with van der Waals surface area (Å²) < 4.78 is 19.0.